The van der Waals surface area contributed by atoms with Gasteiger partial charge in [-0.05, 0) is 24.0 Å². The van der Waals surface area contributed by atoms with Crippen molar-refractivity contribution in [3.63, 3.8) is 0 Å². The monoisotopic (exact) mass is 305 g/mol. The van der Waals surface area contributed by atoms with E-state index < -0.39 is 0 Å². The van der Waals surface area contributed by atoms with Crippen molar-refractivity contribution in [3.05, 3.63) is 71.8 Å². The molecule has 2 fully saturated rings. The highest BCUT2D eigenvalue weighted by Crippen LogP contribution is 2.46. The highest BCUT2D eigenvalue weighted by Gasteiger charge is 2.44. The molecule has 1 aliphatic carbocycles. The summed E-state index contributed by atoms with van der Waals surface area (Å²) in [5.41, 5.74) is 3.87. The molecule has 118 valence electrons. The van der Waals surface area contributed by atoms with E-state index in [1.165, 1.54) is 36.1 Å². The molecule has 1 saturated heterocycles. The molecule has 0 unspecified atom stereocenters. The largest absolute Gasteiger partial charge is 0.323 e. The molecular formula is C20H23N3. The van der Waals surface area contributed by atoms with Gasteiger partial charge >= 0.3 is 0 Å². The molecule has 23 heavy (non-hydrogen) atoms. The lowest BCUT2D eigenvalue weighted by Crippen LogP contribution is -2.51. The first-order chi connectivity index (χ1) is 11.4. The highest BCUT2D eigenvalue weighted by molar-refractivity contribution is 5.91. The topological polar surface area (TPSA) is 50.4 Å². The van der Waals surface area contributed by atoms with Crippen LogP contribution < -0.4 is 11.2 Å². The van der Waals surface area contributed by atoms with Crippen LogP contribution in [0.4, 0.5) is 0 Å². The van der Waals surface area contributed by atoms with Crippen LogP contribution in [0.5, 0.6) is 0 Å². The standard InChI is InChI=1S/C20H23N3/c21-23-20-16-12-7-13-17(20)19(15-10-5-2-6-11-15)22-18(16)14-8-3-1-4-9-14/h1-6,8-11,16-19,22H,7,12-13,21H2/t16-,17-,18-,19-/m1/s1. The van der Waals surface area contributed by atoms with Crippen molar-refractivity contribution in [3.8, 4) is 0 Å². The second-order valence-electron chi connectivity index (χ2n) is 6.64. The Morgan fingerprint density at radius 3 is 1.70 bits per heavy atom. The Balaban J connectivity index is 1.76. The summed E-state index contributed by atoms with van der Waals surface area (Å²) in [6.45, 7) is 0. The Bertz CT molecular complexity index is 625. The molecule has 0 spiro atoms. The summed E-state index contributed by atoms with van der Waals surface area (Å²) in [5, 5.41) is 8.18. The number of rotatable bonds is 2. The van der Waals surface area contributed by atoms with E-state index in [0.29, 0.717) is 23.9 Å². The van der Waals surface area contributed by atoms with E-state index in [9.17, 15) is 0 Å². The fourth-order valence-corrected chi connectivity index (χ4v) is 4.40. The van der Waals surface area contributed by atoms with Gasteiger partial charge in [0.25, 0.3) is 0 Å². The number of piperidine rings is 1. The minimum absolute atomic E-state index is 0.292. The van der Waals surface area contributed by atoms with Gasteiger partial charge in [0.2, 0.25) is 0 Å². The molecule has 4 rings (SSSR count). The third-order valence-electron chi connectivity index (χ3n) is 5.42. The Hall–Kier alpha value is -2.13. The average molecular weight is 305 g/mol. The van der Waals surface area contributed by atoms with Crippen LogP contribution in [0.15, 0.2) is 65.8 Å². The minimum atomic E-state index is 0.292. The zero-order chi connectivity index (χ0) is 15.6. The second kappa shape index (κ2) is 6.17. The van der Waals surface area contributed by atoms with Crippen molar-refractivity contribution in [1.29, 1.82) is 0 Å². The van der Waals surface area contributed by atoms with Gasteiger partial charge in [0.05, 0.1) is 0 Å². The molecule has 2 aromatic carbocycles. The lowest BCUT2D eigenvalue weighted by molar-refractivity contribution is 0.233. The Labute approximate surface area is 137 Å². The molecule has 0 aromatic heterocycles. The van der Waals surface area contributed by atoms with Crippen LogP contribution >= 0.6 is 0 Å². The summed E-state index contributed by atoms with van der Waals surface area (Å²) >= 11 is 0. The van der Waals surface area contributed by atoms with Crippen LogP contribution in [0.3, 0.4) is 0 Å². The molecule has 1 aliphatic heterocycles. The molecule has 3 N–H and O–H groups in total. The molecule has 1 heterocycles. The smallest absolute Gasteiger partial charge is 0.0475 e. The van der Waals surface area contributed by atoms with Crippen LogP contribution in [-0.4, -0.2) is 5.71 Å². The second-order valence-corrected chi connectivity index (χ2v) is 6.64. The van der Waals surface area contributed by atoms with Gasteiger partial charge in [0.15, 0.2) is 0 Å². The van der Waals surface area contributed by atoms with Gasteiger partial charge < -0.3 is 11.2 Å². The van der Waals surface area contributed by atoms with E-state index in [-0.39, 0.29) is 0 Å². The van der Waals surface area contributed by atoms with Crippen LogP contribution in [0.2, 0.25) is 0 Å². The predicted octanol–water partition coefficient (Wildman–Crippen LogP) is 3.80. The summed E-state index contributed by atoms with van der Waals surface area (Å²) < 4.78 is 0. The zero-order valence-electron chi connectivity index (χ0n) is 13.2. The first-order valence-electron chi connectivity index (χ1n) is 8.52. The summed E-state index contributed by atoms with van der Waals surface area (Å²) in [6.07, 6.45) is 3.59. The van der Waals surface area contributed by atoms with Crippen molar-refractivity contribution in [2.24, 2.45) is 22.8 Å². The van der Waals surface area contributed by atoms with Gasteiger partial charge in [-0.1, -0.05) is 67.1 Å². The van der Waals surface area contributed by atoms with Crippen LogP contribution in [-0.2, 0) is 0 Å². The molecular weight excluding hydrogens is 282 g/mol. The quantitative estimate of drug-likeness (QED) is 0.655. The van der Waals surface area contributed by atoms with Crippen molar-refractivity contribution in [2.45, 2.75) is 31.3 Å². The number of nitrogens with zero attached hydrogens (tertiary/aromatic N) is 1. The summed E-state index contributed by atoms with van der Waals surface area (Å²) in [4.78, 5) is 0. The van der Waals surface area contributed by atoms with Gasteiger partial charge in [-0.15, -0.1) is 0 Å². The molecule has 2 aromatic rings. The maximum absolute atomic E-state index is 5.83. The predicted molar refractivity (Wildman–Crippen MR) is 94.0 cm³/mol. The Kier molecular flexibility index (Phi) is 3.88. The first kappa shape index (κ1) is 14.5. The first-order valence-corrected chi connectivity index (χ1v) is 8.52. The maximum atomic E-state index is 5.83. The SMILES string of the molecule is NN=C1[C@@H]2CCC[C@@H]1[C@@H](c1ccccc1)N[C@@H]2c1ccccc1. The fraction of sp³-hybridized carbons (Fsp3) is 0.350. The molecule has 3 heteroatoms. The summed E-state index contributed by atoms with van der Waals surface area (Å²) in [6, 6.07) is 22.0. The number of hydrogen-bond donors (Lipinski definition) is 2. The normalized spacial score (nSPS) is 30.0. The molecule has 1 saturated carbocycles. The van der Waals surface area contributed by atoms with E-state index >= 15 is 0 Å². The molecule has 2 aliphatic rings. The van der Waals surface area contributed by atoms with E-state index in [4.69, 9.17) is 5.84 Å². The minimum Gasteiger partial charge on any atom is -0.323 e. The number of nitrogens with two attached hydrogens (primary N) is 1. The van der Waals surface area contributed by atoms with Gasteiger partial charge in [-0.25, -0.2) is 0 Å². The summed E-state index contributed by atoms with van der Waals surface area (Å²) in [5.74, 6) is 6.67. The number of nitrogens with one attached hydrogen (secondary N) is 1. The summed E-state index contributed by atoms with van der Waals surface area (Å²) in [7, 11) is 0. The molecule has 0 radical (unpaired) electrons. The van der Waals surface area contributed by atoms with Crippen molar-refractivity contribution >= 4 is 5.71 Å². The van der Waals surface area contributed by atoms with Crippen LogP contribution in [0.1, 0.15) is 42.5 Å². The highest BCUT2D eigenvalue weighted by atomic mass is 15.1. The lowest BCUT2D eigenvalue weighted by Gasteiger charge is -2.47. The molecule has 3 nitrogen and oxygen atoms in total. The zero-order valence-corrected chi connectivity index (χ0v) is 13.2. The van der Waals surface area contributed by atoms with E-state index in [2.05, 4.69) is 71.1 Å². The molecule has 4 atom stereocenters. The Morgan fingerprint density at radius 1 is 0.783 bits per heavy atom. The molecule has 2 bridgehead atoms. The van der Waals surface area contributed by atoms with Gasteiger partial charge in [0, 0.05) is 29.6 Å². The van der Waals surface area contributed by atoms with Crippen LogP contribution in [0, 0.1) is 11.8 Å². The maximum Gasteiger partial charge on any atom is 0.0475 e. The van der Waals surface area contributed by atoms with Crippen molar-refractivity contribution in [2.75, 3.05) is 0 Å². The molecule has 0 amide bonds. The van der Waals surface area contributed by atoms with Crippen molar-refractivity contribution < 1.29 is 0 Å². The van der Waals surface area contributed by atoms with E-state index in [0.717, 1.165) is 0 Å². The van der Waals surface area contributed by atoms with Crippen molar-refractivity contribution in [1.82, 2.24) is 5.32 Å². The van der Waals surface area contributed by atoms with E-state index in [1.54, 1.807) is 0 Å². The fourth-order valence-electron chi connectivity index (χ4n) is 4.40. The third kappa shape index (κ3) is 2.55. The number of hydrazone groups is 1. The van der Waals surface area contributed by atoms with Crippen LogP contribution in [0.25, 0.3) is 0 Å². The van der Waals surface area contributed by atoms with Gasteiger partial charge in [-0.2, -0.15) is 5.10 Å². The number of hydrogen-bond acceptors (Lipinski definition) is 3. The average Bonchev–Trinajstić information content (AvgIpc) is 2.63. The van der Waals surface area contributed by atoms with E-state index in [1.807, 2.05) is 0 Å². The van der Waals surface area contributed by atoms with Gasteiger partial charge in [0.1, 0.15) is 0 Å². The third-order valence-corrected chi connectivity index (χ3v) is 5.42. The number of fused-ring (bicyclic) bond motifs is 2. The lowest BCUT2D eigenvalue weighted by atomic mass is 9.67. The Morgan fingerprint density at radius 2 is 1.26 bits per heavy atom. The number of benzene rings is 2. The van der Waals surface area contributed by atoms with Gasteiger partial charge in [-0.3, -0.25) is 0 Å².